The van der Waals surface area contributed by atoms with Crippen LogP contribution in [0.4, 0.5) is 8.78 Å². The van der Waals surface area contributed by atoms with Gasteiger partial charge in [0.15, 0.2) is 0 Å². The summed E-state index contributed by atoms with van der Waals surface area (Å²) in [5, 5.41) is -0.0820. The lowest BCUT2D eigenvalue weighted by atomic mass is 10.0. The first-order chi connectivity index (χ1) is 9.43. The van der Waals surface area contributed by atoms with E-state index in [4.69, 9.17) is 11.6 Å². The maximum Gasteiger partial charge on any atom is 0.259 e. The van der Waals surface area contributed by atoms with Crippen molar-refractivity contribution in [2.24, 2.45) is 0 Å². The lowest BCUT2D eigenvalue weighted by Gasteiger charge is -2.35. The summed E-state index contributed by atoms with van der Waals surface area (Å²) in [6, 6.07) is -1.13. The molecule has 0 aromatic carbocycles. The number of hydrogen-bond donors (Lipinski definition) is 1. The molecule has 1 saturated heterocycles. The van der Waals surface area contributed by atoms with Crippen LogP contribution in [0.2, 0.25) is 5.02 Å². The number of alkyl halides is 2. The molecule has 1 amide bonds. The van der Waals surface area contributed by atoms with Crippen LogP contribution in [0.3, 0.4) is 0 Å². The van der Waals surface area contributed by atoms with Gasteiger partial charge in [-0.25, -0.2) is 8.78 Å². The number of nitrogens with zero attached hydrogens (tertiary/aromatic N) is 1. The van der Waals surface area contributed by atoms with E-state index in [-0.39, 0.29) is 23.6 Å². The number of nitrogens with one attached hydrogen (secondary N) is 1. The normalized spacial score (nSPS) is 19.4. The zero-order valence-electron chi connectivity index (χ0n) is 11.0. The van der Waals surface area contributed by atoms with Crippen molar-refractivity contribution in [3.05, 3.63) is 32.7 Å². The lowest BCUT2D eigenvalue weighted by molar-refractivity contribution is 0.00674. The van der Waals surface area contributed by atoms with Gasteiger partial charge in [0.05, 0.1) is 6.04 Å². The van der Waals surface area contributed by atoms with Crippen molar-refractivity contribution in [2.75, 3.05) is 6.54 Å². The van der Waals surface area contributed by atoms with E-state index >= 15 is 0 Å². The van der Waals surface area contributed by atoms with Crippen LogP contribution in [-0.2, 0) is 0 Å². The third-order valence-electron chi connectivity index (χ3n) is 3.54. The molecule has 7 heteroatoms. The first kappa shape index (κ1) is 15.0. The average molecular weight is 305 g/mol. The van der Waals surface area contributed by atoms with E-state index in [1.54, 1.807) is 6.92 Å². The number of aryl methyl sites for hydroxylation is 1. The molecule has 1 fully saturated rings. The molecule has 4 nitrogen and oxygen atoms in total. The van der Waals surface area contributed by atoms with Crippen LogP contribution in [0.15, 0.2) is 11.0 Å². The Bertz CT molecular complexity index is 574. The Morgan fingerprint density at radius 3 is 2.85 bits per heavy atom. The Labute approximate surface area is 119 Å². The number of piperidine rings is 1. The number of likely N-dealkylation sites (tertiary alicyclic amines) is 1. The van der Waals surface area contributed by atoms with Crippen LogP contribution in [-0.4, -0.2) is 34.8 Å². The van der Waals surface area contributed by atoms with Gasteiger partial charge in [0, 0.05) is 18.4 Å². The molecule has 110 valence electrons. The number of carbonyl (C=O) groups is 1. The number of halogens is 3. The van der Waals surface area contributed by atoms with Crippen molar-refractivity contribution < 1.29 is 13.6 Å². The second-order valence-electron chi connectivity index (χ2n) is 4.87. The smallest absolute Gasteiger partial charge is 0.259 e. The zero-order valence-corrected chi connectivity index (χ0v) is 11.7. The Balaban J connectivity index is 2.35. The van der Waals surface area contributed by atoms with Crippen molar-refractivity contribution in [1.29, 1.82) is 0 Å². The molecule has 0 saturated carbocycles. The van der Waals surface area contributed by atoms with Gasteiger partial charge in [-0.2, -0.15) is 0 Å². The fourth-order valence-electron chi connectivity index (χ4n) is 2.38. The molecule has 2 heterocycles. The van der Waals surface area contributed by atoms with Crippen LogP contribution in [0, 0.1) is 6.92 Å². The monoisotopic (exact) mass is 304 g/mol. The number of amides is 1. The summed E-state index contributed by atoms with van der Waals surface area (Å²) in [5.41, 5.74) is -0.364. The highest BCUT2D eigenvalue weighted by molar-refractivity contribution is 6.31. The number of carbonyl (C=O) groups excluding carboxylic acids is 1. The van der Waals surface area contributed by atoms with Gasteiger partial charge in [0.2, 0.25) is 5.43 Å². The van der Waals surface area contributed by atoms with Gasteiger partial charge in [-0.1, -0.05) is 11.6 Å². The Hall–Kier alpha value is -1.43. The summed E-state index contributed by atoms with van der Waals surface area (Å²) in [6.07, 6.45) is 0.194. The van der Waals surface area contributed by atoms with Crippen LogP contribution in [0.1, 0.15) is 35.3 Å². The highest BCUT2D eigenvalue weighted by atomic mass is 35.5. The Morgan fingerprint density at radius 1 is 1.50 bits per heavy atom. The maximum atomic E-state index is 13.0. The minimum Gasteiger partial charge on any atom is -0.363 e. The molecule has 1 aromatic heterocycles. The SMILES string of the molecule is Cc1[nH]cc(C(=O)N2CCCCC2C(F)F)c(=O)c1Cl. The summed E-state index contributed by atoms with van der Waals surface area (Å²) in [5.74, 6) is -0.682. The fraction of sp³-hybridized carbons (Fsp3) is 0.538. The molecule has 1 aromatic rings. The first-order valence-corrected chi connectivity index (χ1v) is 6.78. The summed E-state index contributed by atoms with van der Waals surface area (Å²) in [4.78, 5) is 28.1. The number of aromatic nitrogens is 1. The number of aromatic amines is 1. The predicted octanol–water partition coefficient (Wildman–Crippen LogP) is 2.60. The number of pyridine rings is 1. The molecule has 1 N–H and O–H groups in total. The van der Waals surface area contributed by atoms with E-state index in [0.29, 0.717) is 18.5 Å². The molecular weight excluding hydrogens is 290 g/mol. The molecule has 1 atom stereocenters. The molecular formula is C13H15ClF2N2O2. The minimum atomic E-state index is -2.61. The fourth-order valence-corrected chi connectivity index (χ4v) is 2.54. The molecule has 0 bridgehead atoms. The van der Waals surface area contributed by atoms with E-state index in [9.17, 15) is 18.4 Å². The van der Waals surface area contributed by atoms with Crippen molar-refractivity contribution in [3.63, 3.8) is 0 Å². The molecule has 1 unspecified atom stereocenters. The van der Waals surface area contributed by atoms with Gasteiger partial charge in [0.1, 0.15) is 10.6 Å². The number of H-pyrrole nitrogens is 1. The molecule has 0 radical (unpaired) electrons. The van der Waals surface area contributed by atoms with Crippen LogP contribution >= 0.6 is 11.6 Å². The number of rotatable bonds is 2. The Morgan fingerprint density at radius 2 is 2.20 bits per heavy atom. The van der Waals surface area contributed by atoms with Crippen molar-refractivity contribution >= 4 is 17.5 Å². The topological polar surface area (TPSA) is 53.2 Å². The number of hydrogen-bond acceptors (Lipinski definition) is 2. The van der Waals surface area contributed by atoms with Gasteiger partial charge in [0.25, 0.3) is 12.3 Å². The predicted molar refractivity (Wildman–Crippen MR) is 71.5 cm³/mol. The largest absolute Gasteiger partial charge is 0.363 e. The van der Waals surface area contributed by atoms with Crippen molar-refractivity contribution in [3.8, 4) is 0 Å². The van der Waals surface area contributed by atoms with E-state index in [1.807, 2.05) is 0 Å². The maximum absolute atomic E-state index is 13.0. The lowest BCUT2D eigenvalue weighted by Crippen LogP contribution is -2.48. The summed E-state index contributed by atoms with van der Waals surface area (Å²) in [6.45, 7) is 1.83. The van der Waals surface area contributed by atoms with Gasteiger partial charge in [-0.3, -0.25) is 9.59 Å². The summed E-state index contributed by atoms with van der Waals surface area (Å²) >= 11 is 5.80. The quantitative estimate of drug-likeness (QED) is 0.913. The molecule has 0 spiro atoms. The standard InChI is InChI=1S/C13H15ClF2N2O2/c1-7-10(14)11(19)8(6-17-7)13(20)18-5-3-2-4-9(18)12(15)16/h6,9,12H,2-5H2,1H3,(H,17,19). The van der Waals surface area contributed by atoms with E-state index in [2.05, 4.69) is 4.98 Å². The highest BCUT2D eigenvalue weighted by Crippen LogP contribution is 2.24. The Kier molecular flexibility index (Phi) is 4.42. The van der Waals surface area contributed by atoms with Gasteiger partial charge in [-0.15, -0.1) is 0 Å². The van der Waals surface area contributed by atoms with E-state index in [0.717, 1.165) is 4.90 Å². The molecule has 2 rings (SSSR count). The van der Waals surface area contributed by atoms with Crippen molar-refractivity contribution in [1.82, 2.24) is 9.88 Å². The third kappa shape index (κ3) is 2.70. The second kappa shape index (κ2) is 5.91. The van der Waals surface area contributed by atoms with Crippen LogP contribution < -0.4 is 5.43 Å². The third-order valence-corrected chi connectivity index (χ3v) is 3.99. The molecule has 20 heavy (non-hydrogen) atoms. The minimum absolute atomic E-state index is 0.0820. The first-order valence-electron chi connectivity index (χ1n) is 6.40. The van der Waals surface area contributed by atoms with E-state index in [1.165, 1.54) is 6.20 Å². The van der Waals surface area contributed by atoms with Crippen LogP contribution in [0.5, 0.6) is 0 Å². The molecule has 1 aliphatic heterocycles. The summed E-state index contributed by atoms with van der Waals surface area (Å²) in [7, 11) is 0. The highest BCUT2D eigenvalue weighted by Gasteiger charge is 2.34. The molecule has 0 aliphatic carbocycles. The van der Waals surface area contributed by atoms with E-state index < -0.39 is 23.8 Å². The van der Waals surface area contributed by atoms with Crippen molar-refractivity contribution in [2.45, 2.75) is 38.7 Å². The van der Waals surface area contributed by atoms with Gasteiger partial charge >= 0.3 is 0 Å². The zero-order chi connectivity index (χ0) is 14.9. The van der Waals surface area contributed by atoms with Gasteiger partial charge in [-0.05, 0) is 26.2 Å². The van der Waals surface area contributed by atoms with Crippen LogP contribution in [0.25, 0.3) is 0 Å². The second-order valence-corrected chi connectivity index (χ2v) is 5.24. The molecule has 1 aliphatic rings. The van der Waals surface area contributed by atoms with Gasteiger partial charge < -0.3 is 9.88 Å². The summed E-state index contributed by atoms with van der Waals surface area (Å²) < 4.78 is 26.0. The average Bonchev–Trinajstić information content (AvgIpc) is 2.44.